The van der Waals surface area contributed by atoms with E-state index in [0.717, 1.165) is 11.3 Å². The molecule has 0 amide bonds. The highest BCUT2D eigenvalue weighted by Crippen LogP contribution is 2.32. The molecule has 0 fully saturated rings. The zero-order chi connectivity index (χ0) is 14.7. The molecule has 0 aliphatic rings. The van der Waals surface area contributed by atoms with Crippen molar-refractivity contribution >= 4 is 5.97 Å². The quantitative estimate of drug-likeness (QED) is 0.879. The van der Waals surface area contributed by atoms with Gasteiger partial charge in [-0.2, -0.15) is 5.10 Å². The standard InChI is InChI=1S/C15H18N2O3/c1-9(2)10-4-5-14(20-3)12(6-10)13-7-11(16-17-13)8-15(18)19/h4-7,9H,8H2,1-3H3,(H,16,17)(H,18,19). The van der Waals surface area contributed by atoms with E-state index in [-0.39, 0.29) is 6.42 Å². The van der Waals surface area contributed by atoms with E-state index in [4.69, 9.17) is 9.84 Å². The molecule has 1 aromatic carbocycles. The SMILES string of the molecule is COc1ccc(C(C)C)cc1-c1cc(CC(=O)O)[nH]n1. The van der Waals surface area contributed by atoms with Crippen molar-refractivity contribution in [1.29, 1.82) is 0 Å². The van der Waals surface area contributed by atoms with E-state index in [1.54, 1.807) is 13.2 Å². The topological polar surface area (TPSA) is 75.2 Å². The molecule has 2 N–H and O–H groups in total. The van der Waals surface area contributed by atoms with Gasteiger partial charge in [0.2, 0.25) is 0 Å². The van der Waals surface area contributed by atoms with Crippen LogP contribution in [0.3, 0.4) is 0 Å². The average Bonchev–Trinajstić information content (AvgIpc) is 2.85. The van der Waals surface area contributed by atoms with Crippen molar-refractivity contribution in [2.75, 3.05) is 7.11 Å². The largest absolute Gasteiger partial charge is 0.496 e. The number of ether oxygens (including phenoxy) is 1. The van der Waals surface area contributed by atoms with Crippen LogP contribution < -0.4 is 4.74 Å². The lowest BCUT2D eigenvalue weighted by atomic mass is 9.99. The molecule has 0 bridgehead atoms. The maximum Gasteiger partial charge on any atom is 0.309 e. The molecule has 5 heteroatoms. The van der Waals surface area contributed by atoms with Gasteiger partial charge < -0.3 is 9.84 Å². The molecule has 0 aliphatic carbocycles. The fourth-order valence-electron chi connectivity index (χ4n) is 2.04. The predicted octanol–water partition coefficient (Wildman–Crippen LogP) is 2.84. The van der Waals surface area contributed by atoms with E-state index in [9.17, 15) is 4.79 Å². The maximum absolute atomic E-state index is 10.7. The summed E-state index contributed by atoms with van der Waals surface area (Å²) >= 11 is 0. The molecule has 20 heavy (non-hydrogen) atoms. The molecule has 1 aromatic heterocycles. The Morgan fingerprint density at radius 1 is 1.40 bits per heavy atom. The van der Waals surface area contributed by atoms with Crippen molar-refractivity contribution < 1.29 is 14.6 Å². The molecule has 106 valence electrons. The predicted molar refractivity (Wildman–Crippen MR) is 76.0 cm³/mol. The second-order valence-corrected chi connectivity index (χ2v) is 4.96. The summed E-state index contributed by atoms with van der Waals surface area (Å²) in [4.78, 5) is 10.7. The van der Waals surface area contributed by atoms with Crippen LogP contribution in [0.2, 0.25) is 0 Å². The Bertz CT molecular complexity index is 617. The third-order valence-corrected chi connectivity index (χ3v) is 3.14. The number of hydrogen-bond donors (Lipinski definition) is 2. The minimum Gasteiger partial charge on any atom is -0.496 e. The summed E-state index contributed by atoms with van der Waals surface area (Å²) in [6, 6.07) is 7.72. The molecular weight excluding hydrogens is 256 g/mol. The number of nitrogens with one attached hydrogen (secondary N) is 1. The number of carboxylic acids is 1. The normalized spacial score (nSPS) is 10.8. The smallest absolute Gasteiger partial charge is 0.309 e. The van der Waals surface area contributed by atoms with E-state index < -0.39 is 5.97 Å². The van der Waals surface area contributed by atoms with E-state index in [1.807, 2.05) is 18.2 Å². The number of aliphatic carboxylic acids is 1. The van der Waals surface area contributed by atoms with Gasteiger partial charge in [0.1, 0.15) is 5.75 Å². The van der Waals surface area contributed by atoms with Crippen LogP contribution in [0.5, 0.6) is 5.75 Å². The van der Waals surface area contributed by atoms with Crippen LogP contribution in [0.15, 0.2) is 24.3 Å². The number of H-pyrrole nitrogens is 1. The number of carbonyl (C=O) groups is 1. The van der Waals surface area contributed by atoms with Gasteiger partial charge in [-0.15, -0.1) is 0 Å². The summed E-state index contributed by atoms with van der Waals surface area (Å²) in [6.07, 6.45) is -0.0703. The summed E-state index contributed by atoms with van der Waals surface area (Å²) in [5.74, 6) is 0.239. The van der Waals surface area contributed by atoms with E-state index >= 15 is 0 Å². The minimum absolute atomic E-state index is 0.0703. The molecule has 1 heterocycles. The lowest BCUT2D eigenvalue weighted by molar-refractivity contribution is -0.136. The molecule has 0 atom stereocenters. The van der Waals surface area contributed by atoms with Crippen molar-refractivity contribution in [3.8, 4) is 17.0 Å². The summed E-state index contributed by atoms with van der Waals surface area (Å²) in [5, 5.41) is 15.7. The van der Waals surface area contributed by atoms with Gasteiger partial charge in [0.05, 0.1) is 19.2 Å². The highest BCUT2D eigenvalue weighted by Gasteiger charge is 2.13. The Morgan fingerprint density at radius 3 is 2.75 bits per heavy atom. The Labute approximate surface area is 117 Å². The number of carboxylic acid groups (broad SMARTS) is 1. The number of rotatable bonds is 5. The molecule has 0 aliphatic heterocycles. The highest BCUT2D eigenvalue weighted by molar-refractivity contribution is 5.72. The number of aromatic amines is 1. The maximum atomic E-state index is 10.7. The molecule has 5 nitrogen and oxygen atoms in total. The Morgan fingerprint density at radius 2 is 2.15 bits per heavy atom. The summed E-state index contributed by atoms with van der Waals surface area (Å²) in [6.45, 7) is 4.23. The number of aromatic nitrogens is 2. The second-order valence-electron chi connectivity index (χ2n) is 4.96. The Kier molecular flexibility index (Phi) is 4.08. The number of hydrogen-bond acceptors (Lipinski definition) is 3. The molecule has 0 radical (unpaired) electrons. The van der Waals surface area contributed by atoms with Crippen LogP contribution in [-0.4, -0.2) is 28.4 Å². The van der Waals surface area contributed by atoms with Gasteiger partial charge >= 0.3 is 5.97 Å². The fourth-order valence-corrected chi connectivity index (χ4v) is 2.04. The van der Waals surface area contributed by atoms with Gasteiger partial charge in [0.15, 0.2) is 0 Å². The van der Waals surface area contributed by atoms with Crippen molar-refractivity contribution in [2.45, 2.75) is 26.2 Å². The van der Waals surface area contributed by atoms with E-state index in [1.165, 1.54) is 5.56 Å². The van der Waals surface area contributed by atoms with Gasteiger partial charge in [-0.1, -0.05) is 19.9 Å². The van der Waals surface area contributed by atoms with E-state index in [2.05, 4.69) is 24.0 Å². The molecule has 0 spiro atoms. The average molecular weight is 274 g/mol. The second kappa shape index (κ2) is 5.77. The molecule has 0 saturated heterocycles. The van der Waals surface area contributed by atoms with Crippen LogP contribution in [0.4, 0.5) is 0 Å². The van der Waals surface area contributed by atoms with Crippen LogP contribution in [-0.2, 0) is 11.2 Å². The van der Waals surface area contributed by atoms with Gasteiger partial charge in [-0.3, -0.25) is 9.89 Å². The highest BCUT2D eigenvalue weighted by atomic mass is 16.5. The Hall–Kier alpha value is -2.30. The first-order chi connectivity index (χ1) is 9.51. The zero-order valence-electron chi connectivity index (χ0n) is 11.8. The third kappa shape index (κ3) is 2.99. The Balaban J connectivity index is 2.41. The zero-order valence-corrected chi connectivity index (χ0v) is 11.8. The van der Waals surface area contributed by atoms with Crippen molar-refractivity contribution in [1.82, 2.24) is 10.2 Å². The fraction of sp³-hybridized carbons (Fsp3) is 0.333. The first kappa shape index (κ1) is 14.1. The van der Waals surface area contributed by atoms with Gasteiger partial charge in [-0.05, 0) is 29.7 Å². The first-order valence-corrected chi connectivity index (χ1v) is 6.45. The van der Waals surface area contributed by atoms with Crippen molar-refractivity contribution in [3.63, 3.8) is 0 Å². The van der Waals surface area contributed by atoms with Crippen molar-refractivity contribution in [3.05, 3.63) is 35.5 Å². The van der Waals surface area contributed by atoms with E-state index in [0.29, 0.717) is 17.3 Å². The summed E-state index contributed by atoms with van der Waals surface area (Å²) in [5.41, 5.74) is 3.32. The molecular formula is C15H18N2O3. The lowest BCUT2D eigenvalue weighted by Gasteiger charge is -2.11. The molecule has 2 aromatic rings. The molecule has 2 rings (SSSR count). The lowest BCUT2D eigenvalue weighted by Crippen LogP contribution is -1.99. The number of methoxy groups -OCH3 is 1. The minimum atomic E-state index is -0.886. The third-order valence-electron chi connectivity index (χ3n) is 3.14. The monoisotopic (exact) mass is 274 g/mol. The van der Waals surface area contributed by atoms with Gasteiger partial charge in [0.25, 0.3) is 0 Å². The van der Waals surface area contributed by atoms with Crippen LogP contribution >= 0.6 is 0 Å². The van der Waals surface area contributed by atoms with Crippen LogP contribution in [0.1, 0.15) is 31.0 Å². The number of benzene rings is 1. The molecule has 0 saturated carbocycles. The first-order valence-electron chi connectivity index (χ1n) is 6.45. The number of nitrogens with zero attached hydrogens (tertiary/aromatic N) is 1. The van der Waals surface area contributed by atoms with Gasteiger partial charge in [-0.25, -0.2) is 0 Å². The summed E-state index contributed by atoms with van der Waals surface area (Å²) < 4.78 is 5.35. The van der Waals surface area contributed by atoms with Crippen LogP contribution in [0.25, 0.3) is 11.3 Å². The summed E-state index contributed by atoms with van der Waals surface area (Å²) in [7, 11) is 1.61. The van der Waals surface area contributed by atoms with Crippen molar-refractivity contribution in [2.24, 2.45) is 0 Å². The van der Waals surface area contributed by atoms with Crippen LogP contribution in [0, 0.1) is 0 Å². The molecule has 0 unspecified atom stereocenters. The van der Waals surface area contributed by atoms with Gasteiger partial charge in [0, 0.05) is 11.3 Å².